The van der Waals surface area contributed by atoms with Crippen LogP contribution in [-0.4, -0.2) is 28.3 Å². The second kappa shape index (κ2) is 5.58. The van der Waals surface area contributed by atoms with Gasteiger partial charge in [0.2, 0.25) is 0 Å². The van der Waals surface area contributed by atoms with Crippen LogP contribution in [0.1, 0.15) is 33.6 Å². The number of alkyl halides is 3. The van der Waals surface area contributed by atoms with Crippen LogP contribution in [0.4, 0.5) is 13.2 Å². The van der Waals surface area contributed by atoms with E-state index in [4.69, 9.17) is 4.43 Å². The van der Waals surface area contributed by atoms with Crippen LogP contribution in [0.25, 0.3) is 0 Å². The molecule has 0 radical (unpaired) electrons. The highest BCUT2D eigenvalue weighted by atomic mass is 32.2. The van der Waals surface area contributed by atoms with Crippen molar-refractivity contribution in [1.82, 2.24) is 0 Å². The number of rotatable bonds is 4. The van der Waals surface area contributed by atoms with E-state index in [0.717, 1.165) is 0 Å². The lowest BCUT2D eigenvalue weighted by Gasteiger charge is -2.38. The third kappa shape index (κ3) is 4.46. The van der Waals surface area contributed by atoms with Gasteiger partial charge in [0.25, 0.3) is 0 Å². The molecule has 9 heteroatoms. The Morgan fingerprint density at radius 1 is 1.24 bits per heavy atom. The van der Waals surface area contributed by atoms with Gasteiger partial charge in [-0.25, -0.2) is 0 Å². The molecule has 0 aromatic heterocycles. The Morgan fingerprint density at radius 3 is 2.19 bits per heavy atom. The number of hydrogen-bond donors (Lipinski definition) is 0. The normalized spacial score (nSPS) is 21.3. The minimum atomic E-state index is -5.59. The van der Waals surface area contributed by atoms with E-state index in [0.29, 0.717) is 6.42 Å². The third-order valence-corrected chi connectivity index (χ3v) is 9.34. The monoisotopic (exact) mass is 346 g/mol. The molecular formula is C12H21F3O4SSi. The highest BCUT2D eigenvalue weighted by Crippen LogP contribution is 2.40. The van der Waals surface area contributed by atoms with Crippen molar-refractivity contribution in [3.63, 3.8) is 0 Å². The zero-order valence-corrected chi connectivity index (χ0v) is 14.6. The molecule has 1 atom stereocenters. The van der Waals surface area contributed by atoms with Crippen LogP contribution in [0.2, 0.25) is 18.1 Å². The molecule has 1 aliphatic carbocycles. The highest BCUT2D eigenvalue weighted by molar-refractivity contribution is 7.87. The molecule has 0 aromatic rings. The van der Waals surface area contributed by atoms with Crippen LogP contribution >= 0.6 is 0 Å². The van der Waals surface area contributed by atoms with Gasteiger partial charge in [-0.1, -0.05) is 20.8 Å². The average molecular weight is 346 g/mol. The molecule has 1 aliphatic rings. The van der Waals surface area contributed by atoms with Crippen molar-refractivity contribution in [2.75, 3.05) is 0 Å². The maximum absolute atomic E-state index is 12.2. The Bertz CT molecular complexity index is 518. The van der Waals surface area contributed by atoms with E-state index in [1.165, 1.54) is 6.08 Å². The van der Waals surface area contributed by atoms with Crippen molar-refractivity contribution in [2.45, 2.75) is 63.4 Å². The van der Waals surface area contributed by atoms with Crippen molar-refractivity contribution in [1.29, 1.82) is 0 Å². The number of hydrogen-bond acceptors (Lipinski definition) is 4. The van der Waals surface area contributed by atoms with Gasteiger partial charge in [0.05, 0.1) is 6.10 Å². The van der Waals surface area contributed by atoms with Gasteiger partial charge in [0, 0.05) is 6.42 Å². The van der Waals surface area contributed by atoms with E-state index < -0.39 is 23.9 Å². The molecule has 0 aliphatic heterocycles. The maximum Gasteiger partial charge on any atom is 0.534 e. The minimum absolute atomic E-state index is 0.0331. The Labute approximate surface area is 124 Å². The predicted octanol–water partition coefficient (Wildman–Crippen LogP) is 3.92. The standard InChI is InChI=1S/C12H21F3O4SSi/c1-11(2,3)21(4,5)19-10-7-6-9(8-10)18-20(16,17)12(13,14)15/h6,10H,7-8H2,1-5H3/t10-/m1/s1. The summed E-state index contributed by atoms with van der Waals surface area (Å²) in [5, 5.41) is -0.0331. The van der Waals surface area contributed by atoms with Gasteiger partial charge < -0.3 is 8.61 Å². The first kappa shape index (κ1) is 18.5. The molecular weight excluding hydrogens is 325 g/mol. The van der Waals surface area contributed by atoms with Crippen molar-refractivity contribution < 1.29 is 30.2 Å². The molecule has 0 unspecified atom stereocenters. The Morgan fingerprint density at radius 2 is 1.76 bits per heavy atom. The van der Waals surface area contributed by atoms with Crippen LogP contribution in [0, 0.1) is 0 Å². The lowest BCUT2D eigenvalue weighted by Crippen LogP contribution is -2.43. The summed E-state index contributed by atoms with van der Waals surface area (Å²) in [5.74, 6) is -0.198. The second-order valence-electron chi connectivity index (χ2n) is 6.59. The molecule has 0 heterocycles. The number of halogens is 3. The fraction of sp³-hybridized carbons (Fsp3) is 0.833. The molecule has 0 N–H and O–H groups in total. The quantitative estimate of drug-likeness (QED) is 0.440. The lowest BCUT2D eigenvalue weighted by molar-refractivity contribution is -0.0524. The molecule has 0 spiro atoms. The summed E-state index contributed by atoms with van der Waals surface area (Å²) in [6.07, 6.45) is 1.42. The average Bonchev–Trinajstić information content (AvgIpc) is 2.60. The molecule has 0 bridgehead atoms. The van der Waals surface area contributed by atoms with E-state index in [-0.39, 0.29) is 23.3 Å². The Balaban J connectivity index is 2.66. The second-order valence-corrected chi connectivity index (χ2v) is 12.9. The largest absolute Gasteiger partial charge is 0.534 e. The first-order valence-electron chi connectivity index (χ1n) is 6.53. The first-order valence-corrected chi connectivity index (χ1v) is 10.8. The van der Waals surface area contributed by atoms with E-state index >= 15 is 0 Å². The SMILES string of the molecule is CC(C)(C)[Si](C)(C)O[C@@H]1CC=C(OS(=O)(=O)C(F)(F)F)C1. The summed E-state index contributed by atoms with van der Waals surface area (Å²) in [6.45, 7) is 10.2. The Hall–Kier alpha value is -0.543. The minimum Gasteiger partial charge on any atom is -0.413 e. The van der Waals surface area contributed by atoms with Crippen molar-refractivity contribution in [3.05, 3.63) is 11.8 Å². The molecule has 0 aromatic carbocycles. The predicted molar refractivity (Wildman–Crippen MR) is 75.4 cm³/mol. The molecule has 1 rings (SSSR count). The Kier molecular flexibility index (Phi) is 4.92. The van der Waals surface area contributed by atoms with E-state index in [1.807, 2.05) is 33.9 Å². The zero-order valence-electron chi connectivity index (χ0n) is 12.7. The molecule has 0 fully saturated rings. The first-order chi connectivity index (χ1) is 9.16. The van der Waals surface area contributed by atoms with E-state index in [9.17, 15) is 21.6 Å². The molecule has 0 saturated heterocycles. The zero-order chi connectivity index (χ0) is 16.7. The van der Waals surface area contributed by atoms with Gasteiger partial charge in [-0.2, -0.15) is 21.6 Å². The van der Waals surface area contributed by atoms with E-state index in [2.05, 4.69) is 4.18 Å². The van der Waals surface area contributed by atoms with Gasteiger partial charge in [-0.15, -0.1) is 0 Å². The summed E-state index contributed by atoms with van der Waals surface area (Å²) >= 11 is 0. The van der Waals surface area contributed by atoms with Gasteiger partial charge in [-0.3, -0.25) is 0 Å². The van der Waals surface area contributed by atoms with Crippen LogP contribution in [0.5, 0.6) is 0 Å². The van der Waals surface area contributed by atoms with Crippen molar-refractivity contribution in [3.8, 4) is 0 Å². The summed E-state index contributed by atoms with van der Waals surface area (Å²) in [6, 6.07) is 0. The lowest BCUT2D eigenvalue weighted by atomic mass is 10.2. The topological polar surface area (TPSA) is 52.6 Å². The van der Waals surface area contributed by atoms with Gasteiger partial charge >= 0.3 is 15.6 Å². The maximum atomic E-state index is 12.2. The molecule has 0 saturated carbocycles. The van der Waals surface area contributed by atoms with E-state index in [1.54, 1.807) is 0 Å². The molecule has 124 valence electrons. The fourth-order valence-electron chi connectivity index (χ4n) is 1.59. The van der Waals surface area contributed by atoms with Crippen LogP contribution in [0.3, 0.4) is 0 Å². The van der Waals surface area contributed by atoms with Gasteiger partial charge in [0.15, 0.2) is 8.32 Å². The summed E-state index contributed by atoms with van der Waals surface area (Å²) in [4.78, 5) is 0. The van der Waals surface area contributed by atoms with Gasteiger partial charge in [0.1, 0.15) is 5.76 Å². The fourth-order valence-corrected chi connectivity index (χ4v) is 3.47. The van der Waals surface area contributed by atoms with Crippen LogP contribution in [-0.2, 0) is 18.7 Å². The van der Waals surface area contributed by atoms with Crippen molar-refractivity contribution >= 4 is 18.4 Å². The summed E-state index contributed by atoms with van der Waals surface area (Å²) in [7, 11) is -7.64. The van der Waals surface area contributed by atoms with Crippen LogP contribution in [0.15, 0.2) is 11.8 Å². The highest BCUT2D eigenvalue weighted by Gasteiger charge is 2.49. The third-order valence-electron chi connectivity index (χ3n) is 3.80. The van der Waals surface area contributed by atoms with Crippen molar-refractivity contribution in [2.24, 2.45) is 0 Å². The smallest absolute Gasteiger partial charge is 0.413 e. The van der Waals surface area contributed by atoms with Gasteiger partial charge in [-0.05, 0) is 30.6 Å². The summed E-state index contributed by atoms with van der Waals surface area (Å²) in [5.41, 5.74) is -5.41. The molecule has 21 heavy (non-hydrogen) atoms. The molecule has 0 amide bonds. The molecule has 4 nitrogen and oxygen atoms in total. The van der Waals surface area contributed by atoms with Crippen LogP contribution < -0.4 is 0 Å². The summed E-state index contributed by atoms with van der Waals surface area (Å²) < 4.78 is 68.8.